The van der Waals surface area contributed by atoms with Crippen molar-refractivity contribution in [3.8, 4) is 0 Å². The molecule has 6 nitrogen and oxygen atoms in total. The molecular formula is C13H25N5OS. The molecule has 0 unspecified atom stereocenters. The Bertz CT molecular complexity index is 436. The van der Waals surface area contributed by atoms with Crippen LogP contribution in [0, 0.1) is 0 Å². The predicted octanol–water partition coefficient (Wildman–Crippen LogP) is 1.62. The summed E-state index contributed by atoms with van der Waals surface area (Å²) < 4.78 is 0. The average molecular weight is 299 g/mol. The number of nitrogen functional groups attached to an aromatic ring is 1. The van der Waals surface area contributed by atoms with Gasteiger partial charge in [-0.15, -0.1) is 0 Å². The third-order valence-electron chi connectivity index (χ3n) is 3.06. The first-order valence-corrected chi connectivity index (χ1v) is 7.66. The largest absolute Gasteiger partial charge is 0.382 e. The number of carbonyl (C=O) groups excluding carboxylic acids is 1. The monoisotopic (exact) mass is 299 g/mol. The van der Waals surface area contributed by atoms with Gasteiger partial charge in [0.25, 0.3) is 5.91 Å². The van der Waals surface area contributed by atoms with Gasteiger partial charge in [0.15, 0.2) is 5.13 Å². The molecule has 1 aromatic rings. The Morgan fingerprint density at radius 1 is 1.35 bits per heavy atom. The molecule has 0 saturated heterocycles. The lowest BCUT2D eigenvalue weighted by atomic mass is 10.2. The van der Waals surface area contributed by atoms with Gasteiger partial charge < -0.3 is 16.4 Å². The van der Waals surface area contributed by atoms with Gasteiger partial charge in [0.1, 0.15) is 10.7 Å². The lowest BCUT2D eigenvalue weighted by molar-refractivity contribution is 0.0944. The molecule has 1 heterocycles. The fourth-order valence-corrected chi connectivity index (χ4v) is 2.85. The van der Waals surface area contributed by atoms with Crippen molar-refractivity contribution in [2.45, 2.75) is 39.8 Å². The summed E-state index contributed by atoms with van der Waals surface area (Å²) >= 11 is 1.27. The van der Waals surface area contributed by atoms with Crippen LogP contribution in [0.3, 0.4) is 0 Å². The quantitative estimate of drug-likeness (QED) is 0.712. The summed E-state index contributed by atoms with van der Waals surface area (Å²) in [5.74, 6) is 0.121. The van der Waals surface area contributed by atoms with Gasteiger partial charge in [-0.1, -0.05) is 11.3 Å². The van der Waals surface area contributed by atoms with Gasteiger partial charge in [0, 0.05) is 32.2 Å². The van der Waals surface area contributed by atoms with Gasteiger partial charge >= 0.3 is 0 Å². The molecule has 0 bridgehead atoms. The molecule has 1 aromatic heterocycles. The molecule has 0 spiro atoms. The predicted molar refractivity (Wildman–Crippen MR) is 85.4 cm³/mol. The fourth-order valence-electron chi connectivity index (χ4n) is 2.09. The van der Waals surface area contributed by atoms with Crippen LogP contribution in [0.1, 0.15) is 37.4 Å². The minimum atomic E-state index is -0.158. The summed E-state index contributed by atoms with van der Waals surface area (Å²) in [6, 6.07) is 0.910. The van der Waals surface area contributed by atoms with E-state index in [9.17, 15) is 4.79 Å². The van der Waals surface area contributed by atoms with E-state index in [1.807, 2.05) is 0 Å². The number of hydrogen-bond donors (Lipinski definition) is 3. The second-order valence-corrected chi connectivity index (χ2v) is 6.16. The van der Waals surface area contributed by atoms with Crippen LogP contribution in [0.4, 0.5) is 10.9 Å². The Morgan fingerprint density at radius 2 is 1.95 bits per heavy atom. The van der Waals surface area contributed by atoms with Crippen LogP contribution in [-0.2, 0) is 0 Å². The van der Waals surface area contributed by atoms with Gasteiger partial charge in [-0.2, -0.15) is 0 Å². The van der Waals surface area contributed by atoms with Crippen molar-refractivity contribution in [1.82, 2.24) is 15.2 Å². The first-order chi connectivity index (χ1) is 9.36. The summed E-state index contributed by atoms with van der Waals surface area (Å²) in [5.41, 5.74) is 5.73. The highest BCUT2D eigenvalue weighted by Gasteiger charge is 2.17. The van der Waals surface area contributed by atoms with E-state index in [4.69, 9.17) is 5.73 Å². The summed E-state index contributed by atoms with van der Waals surface area (Å²) in [6.07, 6.45) is 0. The van der Waals surface area contributed by atoms with Crippen molar-refractivity contribution in [2.75, 3.05) is 31.2 Å². The Kier molecular flexibility index (Phi) is 6.22. The number of nitrogens with two attached hydrogens (primary N) is 1. The molecule has 0 aliphatic carbocycles. The molecule has 0 aliphatic heterocycles. The molecule has 1 rings (SSSR count). The SMILES string of the molecule is CNc1nc(N)c(C(=O)NCCN(C(C)C)C(C)C)s1. The summed E-state index contributed by atoms with van der Waals surface area (Å²) in [6.45, 7) is 10.0. The van der Waals surface area contributed by atoms with Crippen LogP contribution in [0.2, 0.25) is 0 Å². The van der Waals surface area contributed by atoms with E-state index in [0.29, 0.717) is 28.6 Å². The van der Waals surface area contributed by atoms with Crippen LogP contribution < -0.4 is 16.4 Å². The zero-order valence-electron chi connectivity index (χ0n) is 12.9. The number of anilines is 2. The Hall–Kier alpha value is -1.34. The number of amides is 1. The zero-order valence-corrected chi connectivity index (χ0v) is 13.7. The lowest BCUT2D eigenvalue weighted by Gasteiger charge is -2.30. The highest BCUT2D eigenvalue weighted by atomic mass is 32.1. The zero-order chi connectivity index (χ0) is 15.3. The van der Waals surface area contributed by atoms with Gasteiger partial charge in [-0.25, -0.2) is 4.98 Å². The lowest BCUT2D eigenvalue weighted by Crippen LogP contribution is -2.42. The van der Waals surface area contributed by atoms with Crippen molar-refractivity contribution in [3.05, 3.63) is 4.88 Å². The van der Waals surface area contributed by atoms with E-state index in [-0.39, 0.29) is 11.7 Å². The van der Waals surface area contributed by atoms with Crippen LogP contribution >= 0.6 is 11.3 Å². The van der Waals surface area contributed by atoms with Crippen molar-refractivity contribution in [3.63, 3.8) is 0 Å². The van der Waals surface area contributed by atoms with E-state index in [2.05, 4.69) is 48.2 Å². The van der Waals surface area contributed by atoms with Gasteiger partial charge in [-0.05, 0) is 27.7 Å². The van der Waals surface area contributed by atoms with Crippen LogP contribution in [-0.4, -0.2) is 48.0 Å². The molecular weight excluding hydrogens is 274 g/mol. The number of rotatable bonds is 7. The maximum Gasteiger partial charge on any atom is 0.265 e. The standard InChI is InChI=1S/C13H25N5OS/c1-8(2)18(9(3)4)7-6-16-12(19)10-11(14)17-13(15-5)20-10/h8-9H,6-7,14H2,1-5H3,(H,15,17)(H,16,19). The number of carbonyl (C=O) groups is 1. The molecule has 0 radical (unpaired) electrons. The normalized spacial score (nSPS) is 11.4. The van der Waals surface area contributed by atoms with Crippen molar-refractivity contribution in [1.29, 1.82) is 0 Å². The maximum absolute atomic E-state index is 12.0. The highest BCUT2D eigenvalue weighted by Crippen LogP contribution is 2.24. The molecule has 0 aliphatic rings. The summed E-state index contributed by atoms with van der Waals surface area (Å²) in [5, 5.41) is 6.44. The Labute approximate surface area is 124 Å². The van der Waals surface area contributed by atoms with Crippen LogP contribution in [0.5, 0.6) is 0 Å². The van der Waals surface area contributed by atoms with Gasteiger partial charge in [-0.3, -0.25) is 9.69 Å². The molecule has 114 valence electrons. The van der Waals surface area contributed by atoms with E-state index in [1.54, 1.807) is 7.05 Å². The number of nitrogens with zero attached hydrogens (tertiary/aromatic N) is 2. The third kappa shape index (κ3) is 4.35. The molecule has 0 aromatic carbocycles. The van der Waals surface area contributed by atoms with E-state index in [0.717, 1.165) is 6.54 Å². The van der Waals surface area contributed by atoms with Crippen LogP contribution in [0.25, 0.3) is 0 Å². The molecule has 0 fully saturated rings. The van der Waals surface area contributed by atoms with Crippen molar-refractivity contribution in [2.24, 2.45) is 0 Å². The molecule has 20 heavy (non-hydrogen) atoms. The Morgan fingerprint density at radius 3 is 2.40 bits per heavy atom. The minimum Gasteiger partial charge on any atom is -0.382 e. The molecule has 7 heteroatoms. The molecule has 1 amide bonds. The topological polar surface area (TPSA) is 83.3 Å². The first kappa shape index (κ1) is 16.7. The van der Waals surface area contributed by atoms with Crippen LogP contribution in [0.15, 0.2) is 0 Å². The molecule has 0 atom stereocenters. The molecule has 4 N–H and O–H groups in total. The van der Waals surface area contributed by atoms with Crippen molar-refractivity contribution >= 4 is 28.2 Å². The first-order valence-electron chi connectivity index (χ1n) is 6.84. The fraction of sp³-hybridized carbons (Fsp3) is 0.692. The average Bonchev–Trinajstić information content (AvgIpc) is 2.74. The van der Waals surface area contributed by atoms with Gasteiger partial charge in [0.05, 0.1) is 0 Å². The second kappa shape index (κ2) is 7.44. The van der Waals surface area contributed by atoms with E-state index < -0.39 is 0 Å². The minimum absolute atomic E-state index is 0.158. The Balaban J connectivity index is 2.52. The molecule has 0 saturated carbocycles. The highest BCUT2D eigenvalue weighted by molar-refractivity contribution is 7.18. The van der Waals surface area contributed by atoms with Crippen molar-refractivity contribution < 1.29 is 4.79 Å². The van der Waals surface area contributed by atoms with Gasteiger partial charge in [0.2, 0.25) is 0 Å². The van der Waals surface area contributed by atoms with E-state index in [1.165, 1.54) is 11.3 Å². The van der Waals surface area contributed by atoms with E-state index >= 15 is 0 Å². The number of aromatic nitrogens is 1. The number of nitrogens with one attached hydrogen (secondary N) is 2. The summed E-state index contributed by atoms with van der Waals surface area (Å²) in [4.78, 5) is 18.9. The maximum atomic E-state index is 12.0. The number of thiazole rings is 1. The smallest absolute Gasteiger partial charge is 0.265 e. The third-order valence-corrected chi connectivity index (χ3v) is 4.14. The summed E-state index contributed by atoms with van der Waals surface area (Å²) in [7, 11) is 1.75. The number of hydrogen-bond acceptors (Lipinski definition) is 6. The second-order valence-electron chi connectivity index (χ2n) is 5.16.